The molecule has 3 heteroatoms. The van der Waals surface area contributed by atoms with Crippen LogP contribution in [0.4, 0.5) is 0 Å². The van der Waals surface area contributed by atoms with E-state index < -0.39 is 0 Å². The molecule has 0 fully saturated rings. The van der Waals surface area contributed by atoms with Gasteiger partial charge in [0.15, 0.2) is 0 Å². The molecule has 0 bridgehead atoms. The van der Waals surface area contributed by atoms with E-state index in [9.17, 15) is 0 Å². The Kier molecular flexibility index (Phi) is 4.97. The highest BCUT2D eigenvalue weighted by Crippen LogP contribution is 2.18. The second-order valence-corrected chi connectivity index (χ2v) is 5.29. The molecule has 1 aromatic heterocycles. The topological polar surface area (TPSA) is 29.9 Å². The number of para-hydroxylation sites is 2. The van der Waals surface area contributed by atoms with Gasteiger partial charge in [0, 0.05) is 13.0 Å². The molecule has 2 aromatic rings. The highest BCUT2D eigenvalue weighted by Gasteiger charge is 2.11. The fourth-order valence-corrected chi connectivity index (χ4v) is 2.50. The average Bonchev–Trinajstić information content (AvgIpc) is 2.77. The first-order chi connectivity index (χ1) is 9.26. The van der Waals surface area contributed by atoms with Crippen LogP contribution in [0, 0.1) is 5.92 Å². The van der Waals surface area contributed by atoms with Crippen molar-refractivity contribution < 1.29 is 0 Å². The molecular formula is C16H25N3. The maximum atomic E-state index is 4.72. The van der Waals surface area contributed by atoms with Gasteiger partial charge in [-0.2, -0.15) is 0 Å². The third-order valence-corrected chi connectivity index (χ3v) is 3.46. The van der Waals surface area contributed by atoms with Crippen LogP contribution in [-0.2, 0) is 13.0 Å². The summed E-state index contributed by atoms with van der Waals surface area (Å²) in [6, 6.07) is 8.43. The van der Waals surface area contributed by atoms with Crippen LogP contribution in [0.15, 0.2) is 24.3 Å². The molecule has 1 unspecified atom stereocenters. The van der Waals surface area contributed by atoms with Crippen LogP contribution in [-0.4, -0.2) is 22.6 Å². The van der Waals surface area contributed by atoms with Crippen molar-refractivity contribution in [3.8, 4) is 0 Å². The van der Waals surface area contributed by atoms with Crippen LogP contribution in [0.25, 0.3) is 11.0 Å². The van der Waals surface area contributed by atoms with Gasteiger partial charge in [-0.25, -0.2) is 4.98 Å². The van der Waals surface area contributed by atoms with Gasteiger partial charge in [0.05, 0.1) is 11.0 Å². The Hall–Kier alpha value is -1.35. The Morgan fingerprint density at radius 3 is 2.79 bits per heavy atom. The fourth-order valence-electron chi connectivity index (χ4n) is 2.50. The Bertz CT molecular complexity index is 516. The number of aryl methyl sites for hydroxylation is 1. The van der Waals surface area contributed by atoms with Gasteiger partial charge in [-0.15, -0.1) is 0 Å². The molecule has 19 heavy (non-hydrogen) atoms. The molecular weight excluding hydrogens is 234 g/mol. The van der Waals surface area contributed by atoms with Crippen molar-refractivity contribution in [3.05, 3.63) is 30.1 Å². The number of imidazole rings is 1. The van der Waals surface area contributed by atoms with Gasteiger partial charge in [-0.05, 0) is 37.6 Å². The molecule has 0 aliphatic heterocycles. The molecule has 104 valence electrons. The highest BCUT2D eigenvalue weighted by molar-refractivity contribution is 5.75. The van der Waals surface area contributed by atoms with Crippen molar-refractivity contribution in [1.82, 2.24) is 14.9 Å². The number of fused-ring (bicyclic) bond motifs is 1. The second-order valence-electron chi connectivity index (χ2n) is 5.29. The third kappa shape index (κ3) is 3.35. The van der Waals surface area contributed by atoms with Crippen LogP contribution in [0.1, 0.15) is 33.0 Å². The molecule has 2 rings (SSSR count). The van der Waals surface area contributed by atoms with Crippen LogP contribution < -0.4 is 5.32 Å². The summed E-state index contributed by atoms with van der Waals surface area (Å²) in [4.78, 5) is 4.72. The van der Waals surface area contributed by atoms with Gasteiger partial charge in [0.25, 0.3) is 0 Å². The van der Waals surface area contributed by atoms with Crippen molar-refractivity contribution in [1.29, 1.82) is 0 Å². The van der Waals surface area contributed by atoms with Gasteiger partial charge in [-0.3, -0.25) is 0 Å². The lowest BCUT2D eigenvalue weighted by Gasteiger charge is -2.15. The molecule has 0 aliphatic carbocycles. The van der Waals surface area contributed by atoms with Gasteiger partial charge >= 0.3 is 0 Å². The van der Waals surface area contributed by atoms with E-state index in [0.717, 1.165) is 31.6 Å². The first-order valence-corrected chi connectivity index (χ1v) is 7.41. The van der Waals surface area contributed by atoms with Crippen molar-refractivity contribution in [2.24, 2.45) is 5.92 Å². The smallest absolute Gasteiger partial charge is 0.109 e. The summed E-state index contributed by atoms with van der Waals surface area (Å²) >= 11 is 0. The van der Waals surface area contributed by atoms with Crippen LogP contribution in [0.5, 0.6) is 0 Å². The molecule has 1 heterocycles. The number of hydrogen-bond acceptors (Lipinski definition) is 2. The lowest BCUT2D eigenvalue weighted by atomic mass is 10.1. The van der Waals surface area contributed by atoms with Crippen LogP contribution in [0.2, 0.25) is 0 Å². The van der Waals surface area contributed by atoms with E-state index in [2.05, 4.69) is 54.9 Å². The summed E-state index contributed by atoms with van der Waals surface area (Å²) in [5.74, 6) is 1.82. The normalized spacial score (nSPS) is 13.0. The van der Waals surface area contributed by atoms with Gasteiger partial charge in [0.2, 0.25) is 0 Å². The van der Waals surface area contributed by atoms with E-state index in [1.54, 1.807) is 0 Å². The number of aromatic nitrogens is 2. The summed E-state index contributed by atoms with van der Waals surface area (Å²) in [5.41, 5.74) is 2.38. The molecule has 0 spiro atoms. The van der Waals surface area contributed by atoms with Crippen molar-refractivity contribution in [2.75, 3.05) is 13.1 Å². The van der Waals surface area contributed by atoms with E-state index in [-0.39, 0.29) is 0 Å². The Morgan fingerprint density at radius 2 is 2.05 bits per heavy atom. The minimum absolute atomic E-state index is 0.620. The standard InChI is InChI=1S/C16H25N3/c1-4-10-17-11-13(3)12-19-15-9-7-6-8-14(15)18-16(19)5-2/h6-9,13,17H,4-5,10-12H2,1-3H3. The maximum Gasteiger partial charge on any atom is 0.109 e. The predicted molar refractivity (Wildman–Crippen MR) is 81.4 cm³/mol. The molecule has 0 saturated carbocycles. The summed E-state index contributed by atoms with van der Waals surface area (Å²) in [5, 5.41) is 3.50. The third-order valence-electron chi connectivity index (χ3n) is 3.46. The maximum absolute atomic E-state index is 4.72. The molecule has 0 saturated heterocycles. The molecule has 1 N–H and O–H groups in total. The Labute approximate surface area is 116 Å². The van der Waals surface area contributed by atoms with E-state index in [0.29, 0.717) is 5.92 Å². The number of benzene rings is 1. The number of nitrogens with zero attached hydrogens (tertiary/aromatic N) is 2. The number of rotatable bonds is 7. The number of hydrogen-bond donors (Lipinski definition) is 1. The van der Waals surface area contributed by atoms with Gasteiger partial charge in [0.1, 0.15) is 5.82 Å². The SMILES string of the molecule is CCCNCC(C)Cn1c(CC)nc2ccccc21. The number of nitrogens with one attached hydrogen (secondary N) is 1. The van der Waals surface area contributed by atoms with Crippen LogP contribution in [0.3, 0.4) is 0 Å². The van der Waals surface area contributed by atoms with Crippen molar-refractivity contribution in [2.45, 2.75) is 40.2 Å². The summed E-state index contributed by atoms with van der Waals surface area (Å²) < 4.78 is 2.38. The van der Waals surface area contributed by atoms with E-state index >= 15 is 0 Å². The quantitative estimate of drug-likeness (QED) is 0.774. The zero-order chi connectivity index (χ0) is 13.7. The first-order valence-electron chi connectivity index (χ1n) is 7.41. The molecule has 1 atom stereocenters. The largest absolute Gasteiger partial charge is 0.328 e. The summed E-state index contributed by atoms with van der Waals surface area (Å²) in [6.45, 7) is 9.91. The second kappa shape index (κ2) is 6.71. The van der Waals surface area contributed by atoms with Crippen molar-refractivity contribution in [3.63, 3.8) is 0 Å². The molecule has 0 aliphatic rings. The molecule has 0 amide bonds. The summed E-state index contributed by atoms with van der Waals surface area (Å²) in [7, 11) is 0. The van der Waals surface area contributed by atoms with E-state index in [4.69, 9.17) is 4.98 Å². The zero-order valence-corrected chi connectivity index (χ0v) is 12.3. The average molecular weight is 259 g/mol. The minimum atomic E-state index is 0.620. The van der Waals surface area contributed by atoms with E-state index in [1.807, 2.05) is 0 Å². The first kappa shape index (κ1) is 14.1. The zero-order valence-electron chi connectivity index (χ0n) is 12.3. The molecule has 0 radical (unpaired) electrons. The van der Waals surface area contributed by atoms with Gasteiger partial charge < -0.3 is 9.88 Å². The minimum Gasteiger partial charge on any atom is -0.328 e. The highest BCUT2D eigenvalue weighted by atomic mass is 15.1. The molecule has 1 aromatic carbocycles. The lowest BCUT2D eigenvalue weighted by Crippen LogP contribution is -2.25. The van der Waals surface area contributed by atoms with Crippen molar-refractivity contribution >= 4 is 11.0 Å². The fraction of sp³-hybridized carbons (Fsp3) is 0.562. The van der Waals surface area contributed by atoms with Gasteiger partial charge in [-0.1, -0.05) is 32.9 Å². The Morgan fingerprint density at radius 1 is 1.26 bits per heavy atom. The van der Waals surface area contributed by atoms with Crippen LogP contribution >= 0.6 is 0 Å². The van der Waals surface area contributed by atoms with E-state index in [1.165, 1.54) is 17.8 Å². The monoisotopic (exact) mass is 259 g/mol. The lowest BCUT2D eigenvalue weighted by molar-refractivity contribution is 0.444. The molecule has 3 nitrogen and oxygen atoms in total. The summed E-state index contributed by atoms with van der Waals surface area (Å²) in [6.07, 6.45) is 2.19. The Balaban J connectivity index is 2.14. The predicted octanol–water partition coefficient (Wildman–Crippen LogP) is 3.23.